The van der Waals surface area contributed by atoms with Crippen molar-refractivity contribution in [2.75, 3.05) is 58.1 Å². The van der Waals surface area contributed by atoms with Crippen LogP contribution in [0.15, 0.2) is 185 Å². The highest BCUT2D eigenvalue weighted by Crippen LogP contribution is 2.46. The molecule has 0 radical (unpaired) electrons. The molecule has 0 saturated carbocycles. The average Bonchev–Trinajstić information content (AvgIpc) is 1.52. The molecule has 118 heavy (non-hydrogen) atoms. The number of nitrogens with one attached hydrogen (secondary N) is 7. The Morgan fingerprint density at radius 1 is 0.534 bits per heavy atom. The second-order valence-electron chi connectivity index (χ2n) is 30.5. The van der Waals surface area contributed by atoms with Crippen LogP contribution in [0.1, 0.15) is 105 Å². The Morgan fingerprint density at radius 2 is 0.924 bits per heavy atom. The predicted octanol–water partition coefficient (Wildman–Crippen LogP) is 20.2. The number of halogens is 3. The number of pyridine rings is 3. The fraction of sp³-hybridized carbons (Fsp3) is 0.225. The summed E-state index contributed by atoms with van der Waals surface area (Å²) in [7, 11) is -0.374. The van der Waals surface area contributed by atoms with Crippen LogP contribution in [0.25, 0.3) is 85.5 Å². The number of carbonyl (C=O) groups is 4. The van der Waals surface area contributed by atoms with Gasteiger partial charge in [-0.05, 0) is 258 Å². The van der Waals surface area contributed by atoms with Gasteiger partial charge in [0.05, 0.1) is 71.3 Å². The summed E-state index contributed by atoms with van der Waals surface area (Å²) in [4.78, 5) is 75.7. The van der Waals surface area contributed by atoms with Crippen LogP contribution in [0.3, 0.4) is 0 Å². The highest BCUT2D eigenvalue weighted by Gasteiger charge is 2.52. The van der Waals surface area contributed by atoms with Gasteiger partial charge in [-0.1, -0.05) is 66.7 Å². The number of nitro benzene ring substituents is 1. The molecular formula is C89H88BBr2ClN14O8S3. The van der Waals surface area contributed by atoms with Crippen molar-refractivity contribution in [3.05, 3.63) is 243 Å². The summed E-state index contributed by atoms with van der Waals surface area (Å²) in [5, 5.41) is 39.2. The summed E-state index contributed by atoms with van der Waals surface area (Å²) in [5.74, 6) is -0.338. The highest BCUT2D eigenvalue weighted by molar-refractivity contribution is 9.11. The number of aryl methyl sites for hydroxylation is 5. The van der Waals surface area contributed by atoms with Crippen molar-refractivity contribution in [3.8, 4) is 22.5 Å². The third kappa shape index (κ3) is 18.4. The summed E-state index contributed by atoms with van der Waals surface area (Å²) in [5.41, 5.74) is 35.2. The van der Waals surface area contributed by atoms with Gasteiger partial charge in [0.15, 0.2) is 0 Å². The molecule has 22 nitrogen and oxygen atoms in total. The Morgan fingerprint density at radius 3 is 1.35 bits per heavy atom. The Bertz CT molecular complexity index is 6340. The first-order valence-electron chi connectivity index (χ1n) is 38.1. The normalized spacial score (nSPS) is 16.1. The van der Waals surface area contributed by atoms with Gasteiger partial charge in [-0.2, -0.15) is 0 Å². The zero-order chi connectivity index (χ0) is 84.5. The molecule has 4 aliphatic heterocycles. The topological polar surface area (TPSA) is 331 Å². The van der Waals surface area contributed by atoms with E-state index in [4.69, 9.17) is 48.1 Å². The number of aromatic nitrogens is 3. The minimum Gasteiger partial charge on any atom is -0.399 e. The number of rotatable bonds is 6. The first kappa shape index (κ1) is 84.8. The lowest BCUT2D eigenvalue weighted by molar-refractivity contribution is -0.385. The number of nitro groups is 1. The molecule has 4 amide bonds. The van der Waals surface area contributed by atoms with E-state index in [2.05, 4.69) is 86.7 Å². The van der Waals surface area contributed by atoms with E-state index in [-0.39, 0.29) is 65.8 Å². The predicted molar refractivity (Wildman–Crippen MR) is 496 cm³/mol. The summed E-state index contributed by atoms with van der Waals surface area (Å²) < 4.78 is 16.6. The van der Waals surface area contributed by atoms with Crippen molar-refractivity contribution in [2.24, 2.45) is 0 Å². The SMILES string of the molecule is C=CC(=O)Nc1cc(C)ccc1-c1ccc2c(ccc3sc4c(c32)NC[C@@H](C)NC4=O)n1.C[C@@H]1CNc2c(sc3ccc4nc(Cl)ccc4c23)C(=O)N1.Cc1ccc(-c2ccc3c(ccc4sc5c(c43)NC[C@@H](C)NC5=O)n2)c(N)c1.Cc1ccc(B2OC(C)(C)C(C)(C)O2)c(N)c1.Cc1ccc(Br)c(N)c1.Cc1ccc(Br)c([N+](=O)[O-])c1. The van der Waals surface area contributed by atoms with E-state index in [9.17, 15) is 29.3 Å². The minimum absolute atomic E-state index is 0.0149. The highest BCUT2D eigenvalue weighted by atomic mass is 79.9. The van der Waals surface area contributed by atoms with Crippen LogP contribution in [0.5, 0.6) is 0 Å². The fourth-order valence-electron chi connectivity index (χ4n) is 13.8. The van der Waals surface area contributed by atoms with E-state index in [1.165, 1.54) is 51.7 Å². The number of carbonyl (C=O) groups excluding carboxylic acids is 4. The molecule has 6 aromatic heterocycles. The molecular weight excluding hydrogens is 1700 g/mol. The number of thiophene rings is 3. The molecule has 0 unspecified atom stereocenters. The van der Waals surface area contributed by atoms with Crippen molar-refractivity contribution in [3.63, 3.8) is 0 Å². The van der Waals surface area contributed by atoms with Gasteiger partial charge in [-0.3, -0.25) is 29.3 Å². The second kappa shape index (κ2) is 35.2. The van der Waals surface area contributed by atoms with Gasteiger partial charge in [0.25, 0.3) is 23.4 Å². The van der Waals surface area contributed by atoms with Crippen molar-refractivity contribution in [2.45, 2.75) is 112 Å². The number of nitrogens with two attached hydrogens (primary N) is 3. The number of anilines is 7. The number of hydrogen-bond acceptors (Lipinski definition) is 20. The maximum atomic E-state index is 12.6. The van der Waals surface area contributed by atoms with Gasteiger partial charge in [0.2, 0.25) is 5.91 Å². The molecule has 3 atom stereocenters. The van der Waals surface area contributed by atoms with Gasteiger partial charge in [-0.15, -0.1) is 34.0 Å². The Balaban J connectivity index is 0.000000129. The number of nitrogen functional groups attached to an aromatic ring is 3. The summed E-state index contributed by atoms with van der Waals surface area (Å²) in [6, 6.07) is 52.9. The quantitative estimate of drug-likeness (QED) is 0.0185. The molecule has 8 aromatic carbocycles. The number of fused-ring (bicyclic) bond motifs is 15. The molecule has 0 spiro atoms. The van der Waals surface area contributed by atoms with Crippen molar-refractivity contribution in [1.29, 1.82) is 0 Å². The van der Waals surface area contributed by atoms with Gasteiger partial charge in [-0.25, -0.2) is 15.0 Å². The lowest BCUT2D eigenvalue weighted by atomic mass is 9.77. The van der Waals surface area contributed by atoms with Crippen LogP contribution >= 0.6 is 77.5 Å². The molecule has 0 bridgehead atoms. The maximum absolute atomic E-state index is 12.6. The fourth-order valence-corrected chi connectivity index (χ4v) is 17.9. The second-order valence-corrected chi connectivity index (χ2v) is 35.8. The number of hydrogen-bond donors (Lipinski definition) is 10. The van der Waals surface area contributed by atoms with E-state index >= 15 is 0 Å². The van der Waals surface area contributed by atoms with Gasteiger partial charge in [0.1, 0.15) is 19.8 Å². The molecule has 1 fully saturated rings. The van der Waals surface area contributed by atoms with Crippen molar-refractivity contribution >= 4 is 222 Å². The summed E-state index contributed by atoms with van der Waals surface area (Å²) >= 11 is 16.9. The largest absolute Gasteiger partial charge is 0.496 e. The van der Waals surface area contributed by atoms with E-state index < -0.39 is 4.92 Å². The van der Waals surface area contributed by atoms with Crippen LogP contribution in [-0.4, -0.2) is 99.6 Å². The lowest BCUT2D eigenvalue weighted by Gasteiger charge is -2.32. The monoisotopic (exact) mass is 1780 g/mol. The van der Waals surface area contributed by atoms with Gasteiger partial charge >= 0.3 is 7.12 Å². The van der Waals surface area contributed by atoms with E-state index in [0.29, 0.717) is 39.8 Å². The van der Waals surface area contributed by atoms with E-state index in [1.54, 1.807) is 12.1 Å². The molecule has 0 aliphatic carbocycles. The van der Waals surface area contributed by atoms with Crippen LogP contribution in [0.2, 0.25) is 5.15 Å². The third-order valence-corrected chi connectivity index (χ3v) is 25.7. The average molecular weight is 1780 g/mol. The third-order valence-electron chi connectivity index (χ3n) is 20.6. The Hall–Kier alpha value is -11.1. The molecule has 4 aliphatic rings. The maximum Gasteiger partial charge on any atom is 0.496 e. The molecule has 1 saturated heterocycles. The van der Waals surface area contributed by atoms with Crippen LogP contribution < -0.4 is 59.9 Å². The van der Waals surface area contributed by atoms with Gasteiger partial charge < -0.3 is 63.7 Å². The Labute approximate surface area is 717 Å². The van der Waals surface area contributed by atoms with Crippen molar-refractivity contribution in [1.82, 2.24) is 30.9 Å². The van der Waals surface area contributed by atoms with Crippen LogP contribution in [-0.2, 0) is 14.1 Å². The van der Waals surface area contributed by atoms with E-state index in [1.807, 2.05) is 223 Å². The zero-order valence-corrected chi connectivity index (χ0v) is 73.3. The molecule has 10 heterocycles. The number of amides is 4. The number of benzene rings is 8. The zero-order valence-electron chi connectivity index (χ0n) is 66.9. The van der Waals surface area contributed by atoms with Crippen LogP contribution in [0.4, 0.5) is 45.5 Å². The lowest BCUT2D eigenvalue weighted by Crippen LogP contribution is -2.41. The summed E-state index contributed by atoms with van der Waals surface area (Å²) in [6.45, 7) is 29.6. The molecule has 13 N–H and O–H groups in total. The Kier molecular flexibility index (Phi) is 25.3. The smallest absolute Gasteiger partial charge is 0.399 e. The standard InChI is InChI=1S/C25H22N4O2S.C22H20N4OS.C15H12ClN3OS.C13H20BNO2.C7H6BrNO2.C7H8BrN/c1-4-21(30)29-19-11-13(2)5-6-15(19)17-8-7-16-18(28-17)9-10-20-22(16)23-24(32-20)25(31)27-14(3)12-26-23;1-11-3-4-13(15(23)9-11)16-6-5-14-17(26-16)7-8-18-19(14)20-21(28-18)22(27)25-12(2)10-24-20;1-7-6-17-13-12-8-2-5-11(16)19-9(8)3-4-10(12)21-14(13)15(20)18-7;1-9-6-7-10(11(15)8-9)14-16-12(2,3)13(4,5)17-14;1-5-2-3-6(8)7(4-5)9(10)11;1-5-2-3-6(8)7(9)4-5/h4-11,14,26H,1,12H2,2-3H3,(H,27,31)(H,29,30);3-9,12,24H,10,23H2,1-2H3,(H,25,27);2-5,7,17H,6H2,1H3,(H,18,20);6-8H,15H2,1-5H3;2-4H,1H3;2-4H,9H2,1H3/t14-;12-;7-;;;/m111.../s1. The minimum atomic E-state index is -0.406. The molecule has 14 aromatic rings. The first-order valence-corrected chi connectivity index (χ1v) is 42.5. The van der Waals surface area contributed by atoms with Crippen molar-refractivity contribution < 1.29 is 33.4 Å². The summed E-state index contributed by atoms with van der Waals surface area (Å²) in [6.07, 6.45) is 1.25. The van der Waals surface area contributed by atoms with Crippen LogP contribution in [0, 0.1) is 44.7 Å². The molecule has 18 rings (SSSR count). The van der Waals surface area contributed by atoms with E-state index in [0.717, 1.165) is 162 Å². The molecule has 29 heteroatoms. The van der Waals surface area contributed by atoms with Gasteiger partial charge in [0, 0.05) is 128 Å². The number of nitrogens with zero attached hydrogens (tertiary/aromatic N) is 4. The molecule has 604 valence electrons. The first-order chi connectivity index (χ1) is 56.1.